The molecule has 0 amide bonds. The molecule has 16 heteroatoms. The zero-order chi connectivity index (χ0) is 43.5. The lowest BCUT2D eigenvalue weighted by Gasteiger charge is -2.44. The Kier molecular flexibility index (Phi) is 16.7. The summed E-state index contributed by atoms with van der Waals surface area (Å²) in [5, 5.41) is 20.5. The predicted octanol–water partition coefficient (Wildman–Crippen LogP) is 8.43. The standard InChI is InChI=1S/C44H68N6O8Si2/c1-11-57-33(2)39-40(34-17-19-44(43(51)52,58-22-21-54-4)36(27-34)18-20-53-3)47-41-38(35-28-45-49(30-35)37-15-13-12-14-16-37)29-46-50(41)42(39)48(31-55-23-25-59(5,6)7)32-56-24-26-60(8,9)10/h12-16,28-30,34,36H,2,11,17-27,31-32H2,1,3-10H3,(H,51,52). The number of para-hydroxylation sites is 1. The number of hydrogen-bond acceptors (Lipinski definition) is 11. The van der Waals surface area contributed by atoms with E-state index in [2.05, 4.69) is 50.8 Å². The fraction of sp³-hybridized carbons (Fsp3) is 0.591. The second-order valence-corrected chi connectivity index (χ2v) is 29.3. The van der Waals surface area contributed by atoms with Gasteiger partial charge in [-0.3, -0.25) is 0 Å². The second kappa shape index (κ2) is 21.3. The van der Waals surface area contributed by atoms with Crippen molar-refractivity contribution in [2.75, 3.05) is 72.2 Å². The van der Waals surface area contributed by atoms with Gasteiger partial charge < -0.3 is 38.4 Å². The Morgan fingerprint density at radius 3 is 2.20 bits per heavy atom. The first kappa shape index (κ1) is 47.1. The van der Waals surface area contributed by atoms with Gasteiger partial charge in [-0.15, -0.1) is 0 Å². The Morgan fingerprint density at radius 1 is 0.933 bits per heavy atom. The smallest absolute Gasteiger partial charge is 0.336 e. The van der Waals surface area contributed by atoms with Gasteiger partial charge in [0, 0.05) is 79.3 Å². The van der Waals surface area contributed by atoms with Crippen molar-refractivity contribution in [3.05, 3.63) is 66.8 Å². The molecule has 1 fully saturated rings. The molecule has 3 aromatic heterocycles. The fourth-order valence-electron chi connectivity index (χ4n) is 7.69. The highest BCUT2D eigenvalue weighted by molar-refractivity contribution is 6.76. The van der Waals surface area contributed by atoms with Crippen LogP contribution in [0.2, 0.25) is 51.4 Å². The Bertz CT molecular complexity index is 1970. The van der Waals surface area contributed by atoms with Crippen molar-refractivity contribution in [2.24, 2.45) is 5.92 Å². The lowest BCUT2D eigenvalue weighted by molar-refractivity contribution is -0.185. The summed E-state index contributed by atoms with van der Waals surface area (Å²) in [6, 6.07) is 12.0. The summed E-state index contributed by atoms with van der Waals surface area (Å²) in [7, 11) is 0.439. The molecule has 3 unspecified atom stereocenters. The van der Waals surface area contributed by atoms with E-state index in [-0.39, 0.29) is 44.9 Å². The van der Waals surface area contributed by atoms with Gasteiger partial charge in [-0.1, -0.05) is 64.1 Å². The molecule has 0 bridgehead atoms. The molecule has 1 N–H and O–H groups in total. The average molecular weight is 865 g/mol. The molecule has 3 atom stereocenters. The van der Waals surface area contributed by atoms with Crippen LogP contribution < -0.4 is 4.90 Å². The number of carboxylic acid groups (broad SMARTS) is 1. The molecule has 1 aliphatic rings. The van der Waals surface area contributed by atoms with Crippen LogP contribution in [0.1, 0.15) is 49.8 Å². The van der Waals surface area contributed by atoms with Gasteiger partial charge in [-0.05, 0) is 56.8 Å². The molecule has 0 aliphatic heterocycles. The van der Waals surface area contributed by atoms with E-state index in [0.717, 1.165) is 34.6 Å². The maximum atomic E-state index is 13.2. The van der Waals surface area contributed by atoms with E-state index in [1.54, 1.807) is 14.2 Å². The lowest BCUT2D eigenvalue weighted by atomic mass is 9.68. The Hall–Kier alpha value is -3.91. The Morgan fingerprint density at radius 2 is 1.60 bits per heavy atom. The van der Waals surface area contributed by atoms with Gasteiger partial charge in [0.25, 0.3) is 0 Å². The number of ether oxygens (including phenoxy) is 6. The van der Waals surface area contributed by atoms with E-state index in [1.807, 2.05) is 65.0 Å². The number of anilines is 1. The lowest BCUT2D eigenvalue weighted by Crippen LogP contribution is -2.52. The van der Waals surface area contributed by atoms with Crippen molar-refractivity contribution >= 4 is 39.3 Å². The third kappa shape index (κ3) is 11.9. The van der Waals surface area contributed by atoms with Gasteiger partial charge in [0.2, 0.25) is 0 Å². The van der Waals surface area contributed by atoms with Crippen molar-refractivity contribution in [3.8, 4) is 16.8 Å². The highest BCUT2D eigenvalue weighted by Gasteiger charge is 2.51. The van der Waals surface area contributed by atoms with E-state index in [0.29, 0.717) is 68.5 Å². The monoisotopic (exact) mass is 864 g/mol. The number of carboxylic acids is 1. The average Bonchev–Trinajstić information content (AvgIpc) is 3.86. The van der Waals surface area contributed by atoms with Crippen LogP contribution in [0.3, 0.4) is 0 Å². The van der Waals surface area contributed by atoms with Gasteiger partial charge in [-0.2, -0.15) is 14.7 Å². The number of carbonyl (C=O) groups is 1. The quantitative estimate of drug-likeness (QED) is 0.0296. The molecule has 330 valence electrons. The number of nitrogens with zero attached hydrogens (tertiary/aromatic N) is 6. The SMILES string of the molecule is C=C(OCC)c1c(C2CCC(OCCOC)(C(=O)O)C(CCOC)C2)nc2c(-c3cnn(-c4ccccc4)c3)cnn2c1N(COCC[Si](C)(C)C)COCC[Si](C)(C)C. The summed E-state index contributed by atoms with van der Waals surface area (Å²) in [6.45, 7) is 23.4. The van der Waals surface area contributed by atoms with Gasteiger partial charge >= 0.3 is 5.97 Å². The molecular weight excluding hydrogens is 797 g/mol. The largest absolute Gasteiger partial charge is 0.494 e. The number of methoxy groups -OCH3 is 2. The number of aliphatic carboxylic acids is 1. The fourth-order valence-corrected chi connectivity index (χ4v) is 9.21. The summed E-state index contributed by atoms with van der Waals surface area (Å²) in [6.07, 6.45) is 7.37. The minimum Gasteiger partial charge on any atom is -0.494 e. The van der Waals surface area contributed by atoms with E-state index < -0.39 is 27.7 Å². The van der Waals surface area contributed by atoms with Crippen LogP contribution >= 0.6 is 0 Å². The third-order valence-electron chi connectivity index (χ3n) is 11.1. The van der Waals surface area contributed by atoms with Crippen molar-refractivity contribution in [1.82, 2.24) is 24.4 Å². The van der Waals surface area contributed by atoms with Crippen molar-refractivity contribution in [3.63, 3.8) is 0 Å². The van der Waals surface area contributed by atoms with Crippen LogP contribution in [0.4, 0.5) is 5.82 Å². The number of fused-ring (bicyclic) bond motifs is 1. The molecular formula is C44H68N6O8Si2. The Balaban J connectivity index is 1.71. The number of rotatable bonds is 25. The Labute approximate surface area is 358 Å². The molecule has 1 saturated carbocycles. The number of aromatic nitrogens is 5. The predicted molar refractivity (Wildman–Crippen MR) is 241 cm³/mol. The van der Waals surface area contributed by atoms with Crippen LogP contribution in [0.25, 0.3) is 28.2 Å². The summed E-state index contributed by atoms with van der Waals surface area (Å²) < 4.78 is 40.0. The molecule has 0 saturated heterocycles. The molecule has 1 aliphatic carbocycles. The number of hydrogen-bond donors (Lipinski definition) is 1. The highest BCUT2D eigenvalue weighted by Crippen LogP contribution is 2.48. The third-order valence-corrected chi connectivity index (χ3v) is 14.5. The number of benzene rings is 1. The zero-order valence-electron chi connectivity index (χ0n) is 37.4. The molecule has 0 spiro atoms. The topological polar surface area (TPSA) is 144 Å². The van der Waals surface area contributed by atoms with E-state index in [4.69, 9.17) is 43.6 Å². The first-order valence-electron chi connectivity index (χ1n) is 21.2. The van der Waals surface area contributed by atoms with Gasteiger partial charge in [0.05, 0.1) is 49.2 Å². The summed E-state index contributed by atoms with van der Waals surface area (Å²) in [5.74, 6) is -0.430. The van der Waals surface area contributed by atoms with Crippen LogP contribution in [-0.2, 0) is 33.2 Å². The molecule has 60 heavy (non-hydrogen) atoms. The summed E-state index contributed by atoms with van der Waals surface area (Å²) in [4.78, 5) is 20.8. The molecule has 14 nitrogen and oxygen atoms in total. The minimum atomic E-state index is -1.41. The van der Waals surface area contributed by atoms with Crippen molar-refractivity contribution in [1.29, 1.82) is 0 Å². The van der Waals surface area contributed by atoms with Gasteiger partial charge in [0.1, 0.15) is 25.0 Å². The van der Waals surface area contributed by atoms with E-state index in [1.165, 1.54) is 0 Å². The van der Waals surface area contributed by atoms with Crippen LogP contribution in [-0.4, -0.2) is 125 Å². The zero-order valence-corrected chi connectivity index (χ0v) is 39.4. The molecule has 0 radical (unpaired) electrons. The van der Waals surface area contributed by atoms with Crippen molar-refractivity contribution < 1.29 is 38.3 Å². The van der Waals surface area contributed by atoms with Crippen LogP contribution in [0.15, 0.2) is 55.5 Å². The molecule has 4 aromatic rings. The maximum Gasteiger partial charge on any atom is 0.336 e. The molecule has 3 heterocycles. The van der Waals surface area contributed by atoms with Crippen molar-refractivity contribution in [2.45, 2.75) is 95.5 Å². The van der Waals surface area contributed by atoms with Crippen LogP contribution in [0.5, 0.6) is 0 Å². The molecule has 1 aromatic carbocycles. The highest BCUT2D eigenvalue weighted by atomic mass is 28.3. The van der Waals surface area contributed by atoms with E-state index in [9.17, 15) is 9.90 Å². The van der Waals surface area contributed by atoms with Gasteiger partial charge in [0.15, 0.2) is 11.2 Å². The summed E-state index contributed by atoms with van der Waals surface area (Å²) >= 11 is 0. The first-order valence-corrected chi connectivity index (χ1v) is 28.6. The molecule has 5 rings (SSSR count). The maximum absolute atomic E-state index is 13.2. The normalized spacial score (nSPS) is 18.6. The van der Waals surface area contributed by atoms with Gasteiger partial charge in [-0.25, -0.2) is 14.5 Å². The second-order valence-electron chi connectivity index (χ2n) is 18.1. The first-order chi connectivity index (χ1) is 28.6. The minimum absolute atomic E-state index is 0.165. The van der Waals surface area contributed by atoms with E-state index >= 15 is 0 Å². The summed E-state index contributed by atoms with van der Waals surface area (Å²) in [5.41, 5.74) is 3.22. The van der Waals surface area contributed by atoms with Crippen LogP contribution in [0, 0.1) is 5.92 Å².